The van der Waals surface area contributed by atoms with Crippen molar-refractivity contribution >= 4 is 28.9 Å². The van der Waals surface area contributed by atoms with Crippen molar-refractivity contribution in [1.29, 1.82) is 0 Å². The van der Waals surface area contributed by atoms with Crippen LogP contribution in [0.4, 0.5) is 11.4 Å². The van der Waals surface area contributed by atoms with Gasteiger partial charge in [0.1, 0.15) is 0 Å². The predicted molar refractivity (Wildman–Crippen MR) is 81.2 cm³/mol. The first kappa shape index (κ1) is 14.2. The normalized spacial score (nSPS) is 10.1. The summed E-state index contributed by atoms with van der Waals surface area (Å²) < 4.78 is 5.37. The number of anilines is 2. The Hall–Kier alpha value is -2.20. The summed E-state index contributed by atoms with van der Waals surface area (Å²) in [5.41, 5.74) is 7.89. The van der Waals surface area contributed by atoms with Gasteiger partial charge in [-0.25, -0.2) is 0 Å². The van der Waals surface area contributed by atoms with Crippen molar-refractivity contribution in [2.75, 3.05) is 17.7 Å². The maximum Gasteiger partial charge on any atom is 0.262 e. The largest absolute Gasteiger partial charge is 0.480 e. The monoisotopic (exact) mass is 290 g/mol. The number of hydrogen-bond donors (Lipinski definition) is 2. The Balaban J connectivity index is 1.98. The van der Waals surface area contributed by atoms with Crippen LogP contribution in [0.25, 0.3) is 0 Å². The van der Waals surface area contributed by atoms with E-state index in [-0.39, 0.29) is 12.5 Å². The van der Waals surface area contributed by atoms with Crippen LogP contribution in [0.1, 0.15) is 5.56 Å². The second kappa shape index (κ2) is 6.30. The summed E-state index contributed by atoms with van der Waals surface area (Å²) in [5.74, 6) is 0.0627. The SMILES string of the molecule is Cc1ccccc1NC(=O)COc1c(N)cccc1Cl. The van der Waals surface area contributed by atoms with Crippen LogP contribution >= 0.6 is 11.6 Å². The van der Waals surface area contributed by atoms with Crippen molar-refractivity contribution in [1.82, 2.24) is 0 Å². The number of para-hydroxylation sites is 2. The van der Waals surface area contributed by atoms with Crippen LogP contribution in [-0.4, -0.2) is 12.5 Å². The summed E-state index contributed by atoms with van der Waals surface area (Å²) in [6.07, 6.45) is 0. The van der Waals surface area contributed by atoms with Crippen LogP contribution in [0.2, 0.25) is 5.02 Å². The van der Waals surface area contributed by atoms with Crippen LogP contribution in [-0.2, 0) is 4.79 Å². The van der Waals surface area contributed by atoms with Gasteiger partial charge in [-0.1, -0.05) is 35.9 Å². The molecule has 0 heterocycles. The Kier molecular flexibility index (Phi) is 4.48. The lowest BCUT2D eigenvalue weighted by Gasteiger charge is -2.11. The molecule has 0 atom stereocenters. The van der Waals surface area contributed by atoms with E-state index in [1.165, 1.54) is 0 Å². The van der Waals surface area contributed by atoms with E-state index in [2.05, 4.69) is 5.32 Å². The molecular formula is C15H15ClN2O2. The summed E-state index contributed by atoms with van der Waals surface area (Å²) in [5, 5.41) is 3.15. The van der Waals surface area contributed by atoms with E-state index in [9.17, 15) is 4.79 Å². The van der Waals surface area contributed by atoms with E-state index in [0.29, 0.717) is 16.5 Å². The summed E-state index contributed by atoms with van der Waals surface area (Å²) in [4.78, 5) is 11.8. The van der Waals surface area contributed by atoms with Gasteiger partial charge < -0.3 is 15.8 Å². The van der Waals surface area contributed by atoms with Crippen molar-refractivity contribution in [3.8, 4) is 5.75 Å². The Bertz CT molecular complexity index is 609. The van der Waals surface area contributed by atoms with Crippen molar-refractivity contribution in [2.45, 2.75) is 6.92 Å². The number of benzene rings is 2. The Morgan fingerprint density at radius 1 is 1.25 bits per heavy atom. The maximum absolute atomic E-state index is 11.8. The number of ether oxygens (including phenoxy) is 1. The molecule has 4 nitrogen and oxygen atoms in total. The second-order valence-corrected chi connectivity index (χ2v) is 4.72. The molecule has 0 aliphatic heterocycles. The number of nitrogens with two attached hydrogens (primary N) is 1. The summed E-state index contributed by atoms with van der Waals surface area (Å²) in [6, 6.07) is 12.6. The fraction of sp³-hybridized carbons (Fsp3) is 0.133. The number of rotatable bonds is 4. The van der Waals surface area contributed by atoms with Gasteiger partial charge in [-0.3, -0.25) is 4.79 Å². The van der Waals surface area contributed by atoms with Gasteiger partial charge in [-0.15, -0.1) is 0 Å². The first-order valence-electron chi connectivity index (χ1n) is 6.10. The summed E-state index contributed by atoms with van der Waals surface area (Å²) >= 11 is 5.96. The standard InChI is InChI=1S/C15H15ClN2O2/c1-10-5-2-3-8-13(10)18-14(19)9-20-15-11(16)6-4-7-12(15)17/h2-8H,9,17H2,1H3,(H,18,19). The van der Waals surface area contributed by atoms with Gasteiger partial charge in [-0.2, -0.15) is 0 Å². The molecule has 0 aliphatic rings. The van der Waals surface area contributed by atoms with Crippen LogP contribution in [0.5, 0.6) is 5.75 Å². The quantitative estimate of drug-likeness (QED) is 0.850. The minimum Gasteiger partial charge on any atom is -0.480 e. The van der Waals surface area contributed by atoms with E-state index in [4.69, 9.17) is 22.1 Å². The minimum absolute atomic E-state index is 0.151. The van der Waals surface area contributed by atoms with Crippen LogP contribution < -0.4 is 15.8 Å². The minimum atomic E-state index is -0.265. The third-order valence-corrected chi connectivity index (χ3v) is 3.06. The van der Waals surface area contributed by atoms with Crippen LogP contribution in [0.3, 0.4) is 0 Å². The van der Waals surface area contributed by atoms with E-state index in [1.54, 1.807) is 18.2 Å². The van der Waals surface area contributed by atoms with E-state index in [0.717, 1.165) is 11.3 Å². The van der Waals surface area contributed by atoms with Crippen molar-refractivity contribution < 1.29 is 9.53 Å². The average molecular weight is 291 g/mol. The van der Waals surface area contributed by atoms with Gasteiger partial charge >= 0.3 is 0 Å². The molecule has 3 N–H and O–H groups in total. The molecule has 2 aromatic carbocycles. The number of nitrogen functional groups attached to an aromatic ring is 1. The molecule has 0 bridgehead atoms. The third kappa shape index (κ3) is 3.42. The van der Waals surface area contributed by atoms with E-state index >= 15 is 0 Å². The number of nitrogens with one attached hydrogen (secondary N) is 1. The lowest BCUT2D eigenvalue weighted by molar-refractivity contribution is -0.118. The van der Waals surface area contributed by atoms with E-state index in [1.807, 2.05) is 31.2 Å². The Labute approximate surface area is 122 Å². The van der Waals surface area contributed by atoms with Gasteiger partial charge in [0.15, 0.2) is 12.4 Å². The molecule has 0 unspecified atom stereocenters. The first-order valence-corrected chi connectivity index (χ1v) is 6.48. The predicted octanol–water partition coefficient (Wildman–Crippen LogP) is 3.25. The highest BCUT2D eigenvalue weighted by molar-refractivity contribution is 6.32. The highest BCUT2D eigenvalue weighted by Crippen LogP contribution is 2.30. The summed E-state index contributed by atoms with van der Waals surface area (Å²) in [6.45, 7) is 1.77. The highest BCUT2D eigenvalue weighted by atomic mass is 35.5. The summed E-state index contributed by atoms with van der Waals surface area (Å²) in [7, 11) is 0. The number of carbonyl (C=O) groups excluding carboxylic acids is 1. The Morgan fingerprint density at radius 2 is 2.00 bits per heavy atom. The molecule has 0 spiro atoms. The second-order valence-electron chi connectivity index (χ2n) is 4.31. The molecule has 1 amide bonds. The molecule has 0 saturated heterocycles. The molecule has 104 valence electrons. The number of halogens is 1. The fourth-order valence-corrected chi connectivity index (χ4v) is 1.95. The number of carbonyl (C=O) groups is 1. The average Bonchev–Trinajstić information content (AvgIpc) is 2.41. The van der Waals surface area contributed by atoms with Crippen molar-refractivity contribution in [3.63, 3.8) is 0 Å². The molecule has 5 heteroatoms. The molecule has 0 aromatic heterocycles. The maximum atomic E-state index is 11.8. The highest BCUT2D eigenvalue weighted by Gasteiger charge is 2.09. The fourth-order valence-electron chi connectivity index (χ4n) is 1.71. The van der Waals surface area contributed by atoms with Crippen molar-refractivity contribution in [2.24, 2.45) is 0 Å². The van der Waals surface area contributed by atoms with Crippen LogP contribution in [0, 0.1) is 6.92 Å². The lowest BCUT2D eigenvalue weighted by Crippen LogP contribution is -2.21. The van der Waals surface area contributed by atoms with Crippen molar-refractivity contribution in [3.05, 3.63) is 53.1 Å². The van der Waals surface area contributed by atoms with Gasteiger partial charge in [-0.05, 0) is 30.7 Å². The first-order chi connectivity index (χ1) is 9.58. The topological polar surface area (TPSA) is 64.3 Å². The molecule has 0 fully saturated rings. The zero-order valence-corrected chi connectivity index (χ0v) is 11.8. The lowest BCUT2D eigenvalue weighted by atomic mass is 10.2. The molecule has 0 radical (unpaired) electrons. The molecule has 20 heavy (non-hydrogen) atoms. The third-order valence-electron chi connectivity index (χ3n) is 2.76. The van der Waals surface area contributed by atoms with E-state index < -0.39 is 0 Å². The van der Waals surface area contributed by atoms with Gasteiger partial charge in [0.2, 0.25) is 0 Å². The molecule has 2 rings (SSSR count). The number of amides is 1. The van der Waals surface area contributed by atoms with Gasteiger partial charge in [0, 0.05) is 5.69 Å². The number of aryl methyl sites for hydroxylation is 1. The molecular weight excluding hydrogens is 276 g/mol. The Morgan fingerprint density at radius 3 is 2.70 bits per heavy atom. The molecule has 0 aliphatic carbocycles. The smallest absolute Gasteiger partial charge is 0.262 e. The number of hydrogen-bond acceptors (Lipinski definition) is 3. The van der Waals surface area contributed by atoms with Gasteiger partial charge in [0.25, 0.3) is 5.91 Å². The zero-order valence-electron chi connectivity index (χ0n) is 11.0. The zero-order chi connectivity index (χ0) is 14.5. The van der Waals surface area contributed by atoms with Gasteiger partial charge in [0.05, 0.1) is 10.7 Å². The molecule has 2 aromatic rings. The molecule has 0 saturated carbocycles. The van der Waals surface area contributed by atoms with Crippen LogP contribution in [0.15, 0.2) is 42.5 Å².